The van der Waals surface area contributed by atoms with Gasteiger partial charge in [-0.25, -0.2) is 4.98 Å². The Bertz CT molecular complexity index is 1230. The summed E-state index contributed by atoms with van der Waals surface area (Å²) >= 11 is 0. The van der Waals surface area contributed by atoms with Crippen LogP contribution < -0.4 is 4.74 Å². The molecule has 1 atom stereocenters. The van der Waals surface area contributed by atoms with Gasteiger partial charge in [0.2, 0.25) is 0 Å². The standard InChI is InChI=1S/C23H23N5O2/c1-14-18(13-24-27-14)19-9-8-16-12-20(26-22(16)25-19)23(29)28-10-4-7-21(28)15-5-3-6-17(11-15)30-2/h3,5-6,8-9,11-13,21H,4,7,10H2,1-2H3,(H,24,27)(H,25,26)/t21-/m1/s1. The number of carbonyl (C=O) groups is 1. The predicted octanol–water partition coefficient (Wildman–Crippen LogP) is 4.25. The first-order chi connectivity index (χ1) is 14.6. The third kappa shape index (κ3) is 3.12. The van der Waals surface area contributed by atoms with Crippen LogP contribution in [0.1, 0.15) is 40.6 Å². The number of carbonyl (C=O) groups excluding carboxylic acids is 1. The Hall–Kier alpha value is -3.61. The summed E-state index contributed by atoms with van der Waals surface area (Å²) in [5, 5.41) is 7.92. The van der Waals surface area contributed by atoms with Crippen molar-refractivity contribution in [2.24, 2.45) is 0 Å². The molecule has 0 spiro atoms. The van der Waals surface area contributed by atoms with E-state index in [1.165, 1.54) is 0 Å². The molecule has 0 radical (unpaired) electrons. The maximum atomic E-state index is 13.3. The number of aryl methyl sites for hydroxylation is 1. The van der Waals surface area contributed by atoms with Gasteiger partial charge in [-0.3, -0.25) is 9.89 Å². The maximum Gasteiger partial charge on any atom is 0.270 e. The van der Waals surface area contributed by atoms with Gasteiger partial charge in [0.25, 0.3) is 5.91 Å². The second-order valence-corrected chi connectivity index (χ2v) is 7.66. The zero-order chi connectivity index (χ0) is 20.7. The van der Waals surface area contributed by atoms with Gasteiger partial charge in [-0.15, -0.1) is 0 Å². The number of methoxy groups -OCH3 is 1. The third-order valence-corrected chi connectivity index (χ3v) is 5.81. The molecule has 4 aromatic rings. The molecule has 3 aromatic heterocycles. The van der Waals surface area contributed by atoms with Crippen LogP contribution in [0.3, 0.4) is 0 Å². The van der Waals surface area contributed by atoms with E-state index in [0.717, 1.165) is 53.0 Å². The molecule has 0 saturated carbocycles. The first-order valence-corrected chi connectivity index (χ1v) is 10.1. The summed E-state index contributed by atoms with van der Waals surface area (Å²) in [6.45, 7) is 2.70. The summed E-state index contributed by atoms with van der Waals surface area (Å²) in [6.07, 6.45) is 3.69. The Morgan fingerprint density at radius 1 is 1.23 bits per heavy atom. The largest absolute Gasteiger partial charge is 0.497 e. The van der Waals surface area contributed by atoms with E-state index in [9.17, 15) is 4.79 Å². The predicted molar refractivity (Wildman–Crippen MR) is 114 cm³/mol. The third-order valence-electron chi connectivity index (χ3n) is 5.81. The maximum absolute atomic E-state index is 13.3. The van der Waals surface area contributed by atoms with Gasteiger partial charge < -0.3 is 14.6 Å². The van der Waals surface area contributed by atoms with Crippen molar-refractivity contribution in [2.45, 2.75) is 25.8 Å². The molecule has 7 nitrogen and oxygen atoms in total. The molecule has 2 N–H and O–H groups in total. The van der Waals surface area contributed by atoms with Crippen molar-refractivity contribution in [3.05, 3.63) is 65.6 Å². The molecular formula is C23H23N5O2. The van der Waals surface area contributed by atoms with E-state index in [2.05, 4.69) is 21.2 Å². The van der Waals surface area contributed by atoms with Crippen LogP contribution in [0, 0.1) is 6.92 Å². The fourth-order valence-corrected chi connectivity index (χ4v) is 4.24. The van der Waals surface area contributed by atoms with Crippen LogP contribution in [-0.4, -0.2) is 44.6 Å². The molecule has 1 amide bonds. The van der Waals surface area contributed by atoms with Crippen LogP contribution in [-0.2, 0) is 0 Å². The second kappa shape index (κ2) is 7.33. The number of ether oxygens (including phenoxy) is 1. The summed E-state index contributed by atoms with van der Waals surface area (Å²) < 4.78 is 5.36. The number of amides is 1. The number of benzene rings is 1. The number of rotatable bonds is 4. The quantitative estimate of drug-likeness (QED) is 0.535. The number of aromatic amines is 2. The Morgan fingerprint density at radius 2 is 2.13 bits per heavy atom. The van der Waals surface area contributed by atoms with Gasteiger partial charge >= 0.3 is 0 Å². The minimum absolute atomic E-state index is 0.000591. The van der Waals surface area contributed by atoms with E-state index in [-0.39, 0.29) is 11.9 Å². The Kier molecular flexibility index (Phi) is 4.50. The van der Waals surface area contributed by atoms with Crippen molar-refractivity contribution >= 4 is 16.9 Å². The van der Waals surface area contributed by atoms with E-state index in [0.29, 0.717) is 11.3 Å². The zero-order valence-corrected chi connectivity index (χ0v) is 17.0. The Labute approximate surface area is 174 Å². The first kappa shape index (κ1) is 18.4. The SMILES string of the molecule is COc1cccc([C@H]2CCCN2C(=O)c2cc3ccc(-c4cn[nH]c4C)nc3[nH]2)c1. The fraction of sp³-hybridized carbons (Fsp3) is 0.261. The number of pyridine rings is 1. The molecule has 4 heterocycles. The van der Waals surface area contributed by atoms with Crippen LogP contribution in [0.5, 0.6) is 5.75 Å². The molecule has 1 fully saturated rings. The van der Waals surface area contributed by atoms with Gasteiger partial charge in [0, 0.05) is 23.2 Å². The molecule has 1 aliphatic heterocycles. The van der Waals surface area contributed by atoms with Crippen molar-refractivity contribution in [1.82, 2.24) is 25.1 Å². The lowest BCUT2D eigenvalue weighted by Crippen LogP contribution is -2.30. The number of nitrogens with zero attached hydrogens (tertiary/aromatic N) is 3. The summed E-state index contributed by atoms with van der Waals surface area (Å²) in [5.74, 6) is 0.808. The van der Waals surface area contributed by atoms with E-state index < -0.39 is 0 Å². The van der Waals surface area contributed by atoms with Crippen molar-refractivity contribution in [2.75, 3.05) is 13.7 Å². The van der Waals surface area contributed by atoms with Gasteiger partial charge in [0.15, 0.2) is 0 Å². The average Bonchev–Trinajstić information content (AvgIpc) is 3.51. The van der Waals surface area contributed by atoms with E-state index in [1.807, 2.05) is 48.2 Å². The highest BCUT2D eigenvalue weighted by Gasteiger charge is 2.31. The summed E-state index contributed by atoms with van der Waals surface area (Å²) in [6, 6.07) is 13.9. The Morgan fingerprint density at radius 3 is 2.93 bits per heavy atom. The van der Waals surface area contributed by atoms with Gasteiger partial charge in [-0.2, -0.15) is 5.10 Å². The number of likely N-dealkylation sites (tertiary alicyclic amines) is 1. The first-order valence-electron chi connectivity index (χ1n) is 10.1. The summed E-state index contributed by atoms with van der Waals surface area (Å²) in [7, 11) is 1.66. The molecule has 30 heavy (non-hydrogen) atoms. The molecular weight excluding hydrogens is 378 g/mol. The number of H-pyrrole nitrogens is 2. The van der Waals surface area contributed by atoms with Crippen molar-refractivity contribution in [3.63, 3.8) is 0 Å². The minimum Gasteiger partial charge on any atom is -0.497 e. The minimum atomic E-state index is -0.000591. The zero-order valence-electron chi connectivity index (χ0n) is 17.0. The van der Waals surface area contributed by atoms with Crippen molar-refractivity contribution in [3.8, 4) is 17.0 Å². The van der Waals surface area contributed by atoms with Crippen LogP contribution in [0.2, 0.25) is 0 Å². The smallest absolute Gasteiger partial charge is 0.270 e. The molecule has 7 heteroatoms. The average molecular weight is 401 g/mol. The van der Waals surface area contributed by atoms with Crippen LogP contribution >= 0.6 is 0 Å². The molecule has 0 bridgehead atoms. The second-order valence-electron chi connectivity index (χ2n) is 7.66. The van der Waals surface area contributed by atoms with Crippen molar-refractivity contribution in [1.29, 1.82) is 0 Å². The highest BCUT2D eigenvalue weighted by Crippen LogP contribution is 2.35. The topological polar surface area (TPSA) is 86.9 Å². The van der Waals surface area contributed by atoms with Crippen LogP contribution in [0.4, 0.5) is 0 Å². The Balaban J connectivity index is 1.45. The monoisotopic (exact) mass is 401 g/mol. The number of hydrogen-bond acceptors (Lipinski definition) is 4. The molecule has 1 saturated heterocycles. The lowest BCUT2D eigenvalue weighted by atomic mass is 10.0. The van der Waals surface area contributed by atoms with Crippen LogP contribution in [0.15, 0.2) is 48.7 Å². The lowest BCUT2D eigenvalue weighted by Gasteiger charge is -2.25. The molecule has 152 valence electrons. The number of hydrogen-bond donors (Lipinski definition) is 2. The summed E-state index contributed by atoms with van der Waals surface area (Å²) in [4.78, 5) is 23.2. The molecule has 1 aromatic carbocycles. The molecule has 1 aliphatic rings. The van der Waals surface area contributed by atoms with E-state index in [4.69, 9.17) is 9.72 Å². The van der Waals surface area contributed by atoms with E-state index >= 15 is 0 Å². The number of fused-ring (bicyclic) bond motifs is 1. The van der Waals surface area contributed by atoms with Gasteiger partial charge in [-0.05, 0) is 55.7 Å². The molecule has 0 aliphatic carbocycles. The molecule has 0 unspecified atom stereocenters. The lowest BCUT2D eigenvalue weighted by molar-refractivity contribution is 0.0730. The van der Waals surface area contributed by atoms with E-state index in [1.54, 1.807) is 13.3 Å². The van der Waals surface area contributed by atoms with Gasteiger partial charge in [0.1, 0.15) is 17.1 Å². The fourth-order valence-electron chi connectivity index (χ4n) is 4.24. The summed E-state index contributed by atoms with van der Waals surface area (Å²) in [5.41, 5.74) is 5.11. The van der Waals surface area contributed by atoms with Gasteiger partial charge in [0.05, 0.1) is 25.0 Å². The molecule has 5 rings (SSSR count). The number of nitrogens with one attached hydrogen (secondary N) is 2. The highest BCUT2D eigenvalue weighted by molar-refractivity contribution is 5.98. The number of aromatic nitrogens is 4. The van der Waals surface area contributed by atoms with Gasteiger partial charge in [-0.1, -0.05) is 12.1 Å². The normalized spacial score (nSPS) is 16.3. The van der Waals surface area contributed by atoms with Crippen LogP contribution in [0.25, 0.3) is 22.3 Å². The highest BCUT2D eigenvalue weighted by atomic mass is 16.5. The van der Waals surface area contributed by atoms with Crippen molar-refractivity contribution < 1.29 is 9.53 Å².